The smallest absolute Gasteiger partial charge is 0 e. The van der Waals surface area contributed by atoms with Crippen LogP contribution in [0.25, 0.3) is 0 Å². The molecule has 0 fully saturated rings. The molecule has 4 aromatic carbocycles. The summed E-state index contributed by atoms with van der Waals surface area (Å²) in [5.41, 5.74) is 0. The maximum atomic E-state index is 2.36. The molecule has 0 bridgehead atoms. The van der Waals surface area contributed by atoms with E-state index in [9.17, 15) is 0 Å². The molecule has 41 heavy (non-hydrogen) atoms. The first-order chi connectivity index (χ1) is 18.4. The van der Waals surface area contributed by atoms with Gasteiger partial charge in [0.25, 0.3) is 0 Å². The molecule has 0 spiro atoms. The summed E-state index contributed by atoms with van der Waals surface area (Å²) in [6.07, 6.45) is 0. The van der Waals surface area contributed by atoms with E-state index >= 15 is 0 Å². The zero-order valence-corrected chi connectivity index (χ0v) is 33.4. The van der Waals surface area contributed by atoms with Crippen LogP contribution in [0.5, 0.6) is 0 Å². The van der Waals surface area contributed by atoms with Crippen LogP contribution in [0, 0.1) is 0 Å². The van der Waals surface area contributed by atoms with E-state index in [0.717, 1.165) is 0 Å². The molecule has 0 N–H and O–H groups in total. The van der Waals surface area contributed by atoms with Gasteiger partial charge >= 0.3 is 252 Å². The monoisotopic (exact) mass is 722 g/mol. The van der Waals surface area contributed by atoms with Crippen LogP contribution in [0.1, 0.15) is 0 Å². The van der Waals surface area contributed by atoms with E-state index in [1.54, 1.807) is 0 Å². The topological polar surface area (TPSA) is 0 Å². The number of hydrogen-bond acceptors (Lipinski definition) is 0. The fraction of sp³-hybridized carbons (Fsp3) is 0.333. The van der Waals surface area contributed by atoms with Crippen molar-refractivity contribution in [1.29, 1.82) is 0 Å². The second-order valence-corrected chi connectivity index (χ2v) is 34.8. The number of benzene rings is 4. The first-order valence-corrected chi connectivity index (χ1v) is 28.6. The third-order valence-electron chi connectivity index (χ3n) is 6.56. The molecular weight excluding hydrogens is 663 g/mol. The van der Waals surface area contributed by atoms with Crippen molar-refractivity contribution in [3.05, 3.63) is 121 Å². The van der Waals surface area contributed by atoms with Crippen LogP contribution in [0.2, 0.25) is 0 Å². The number of rotatable bonds is 4. The maximum Gasteiger partial charge on any atom is 0 e. The van der Waals surface area contributed by atoms with Gasteiger partial charge in [0.1, 0.15) is 0 Å². The third-order valence-corrected chi connectivity index (χ3v) is 14.8. The summed E-state index contributed by atoms with van der Waals surface area (Å²) in [5, 5.41) is 6.15. The van der Waals surface area contributed by atoms with Gasteiger partial charge in [-0.1, -0.05) is 0 Å². The SMILES string of the molecule is C[PH](C)(C)c1ccccc1.C[PH](C)(C)c1ccccc1.C[PH](C)(C)c1ccccc1.C[PH](C)(C)c1ccccc1.[Pd]. The molecule has 4 rings (SSSR count). The largest absolute Gasteiger partial charge is 0 e. The summed E-state index contributed by atoms with van der Waals surface area (Å²) in [7, 11) is -4.13. The Labute approximate surface area is 270 Å². The van der Waals surface area contributed by atoms with Crippen LogP contribution >= 0.6 is 29.0 Å². The fourth-order valence-corrected chi connectivity index (χ4v) is 8.52. The van der Waals surface area contributed by atoms with Gasteiger partial charge in [-0.05, 0) is 0 Å². The standard InChI is InChI=1S/4C9H15P.Pd/c4*1-10(2,3)9-7-5-4-6-8-9;/h4*4-8,10H,1-3H3;. The van der Waals surface area contributed by atoms with Crippen molar-refractivity contribution in [2.75, 3.05) is 80.0 Å². The minimum Gasteiger partial charge on any atom is 0 e. The van der Waals surface area contributed by atoms with Crippen molar-refractivity contribution in [1.82, 2.24) is 0 Å². The molecule has 0 aliphatic carbocycles. The Hall–Kier alpha value is -0.738. The molecule has 0 heterocycles. The molecule has 0 saturated heterocycles. The molecule has 234 valence electrons. The summed E-state index contributed by atoms with van der Waals surface area (Å²) in [6.45, 7) is 28.4. The molecule has 0 amide bonds. The predicted molar refractivity (Wildman–Crippen MR) is 209 cm³/mol. The minimum atomic E-state index is -1.03. The Morgan fingerprint density at radius 1 is 0.244 bits per heavy atom. The zero-order valence-electron chi connectivity index (χ0n) is 27.9. The molecule has 0 radical (unpaired) electrons. The molecule has 4 aromatic rings. The van der Waals surface area contributed by atoms with Crippen molar-refractivity contribution < 1.29 is 20.4 Å². The van der Waals surface area contributed by atoms with Crippen LogP contribution < -0.4 is 21.2 Å². The van der Waals surface area contributed by atoms with Crippen LogP contribution in [0.4, 0.5) is 0 Å². The molecular formula is C36H60P4Pd. The second kappa shape index (κ2) is 18.8. The van der Waals surface area contributed by atoms with Crippen molar-refractivity contribution in [3.8, 4) is 0 Å². The van der Waals surface area contributed by atoms with Crippen molar-refractivity contribution >= 4 is 50.3 Å². The van der Waals surface area contributed by atoms with Gasteiger partial charge in [-0.25, -0.2) is 0 Å². The zero-order chi connectivity index (χ0) is 30.5. The average Bonchev–Trinajstić information content (AvgIpc) is 2.90. The molecule has 0 nitrogen and oxygen atoms in total. The van der Waals surface area contributed by atoms with E-state index in [0.29, 0.717) is 0 Å². The minimum absolute atomic E-state index is 0. The molecule has 0 aliphatic rings. The van der Waals surface area contributed by atoms with E-state index in [1.165, 1.54) is 21.2 Å². The van der Waals surface area contributed by atoms with Gasteiger partial charge in [-0.15, -0.1) is 0 Å². The number of hydrogen-bond donors (Lipinski definition) is 0. The van der Waals surface area contributed by atoms with Gasteiger partial charge in [0.05, 0.1) is 0 Å². The third kappa shape index (κ3) is 17.9. The summed E-state index contributed by atoms with van der Waals surface area (Å²) in [4.78, 5) is 0. The van der Waals surface area contributed by atoms with Gasteiger partial charge in [0.15, 0.2) is 0 Å². The maximum absolute atomic E-state index is 2.36. The second-order valence-electron chi connectivity index (χ2n) is 14.5. The van der Waals surface area contributed by atoms with Gasteiger partial charge in [-0.3, -0.25) is 0 Å². The molecule has 5 heteroatoms. The first kappa shape index (κ1) is 40.3. The Bertz CT molecular complexity index is 988. The van der Waals surface area contributed by atoms with Crippen molar-refractivity contribution in [2.24, 2.45) is 0 Å². The molecule has 0 aliphatic heterocycles. The van der Waals surface area contributed by atoms with Crippen molar-refractivity contribution in [2.45, 2.75) is 0 Å². The summed E-state index contributed by atoms with van der Waals surface area (Å²) in [6, 6.07) is 43.1. The Morgan fingerprint density at radius 3 is 0.439 bits per heavy atom. The van der Waals surface area contributed by atoms with Crippen LogP contribution in [0.3, 0.4) is 0 Å². The molecule has 0 saturated carbocycles. The quantitative estimate of drug-likeness (QED) is 0.149. The van der Waals surface area contributed by atoms with E-state index < -0.39 is 29.0 Å². The van der Waals surface area contributed by atoms with Crippen LogP contribution in [-0.2, 0) is 20.4 Å². The summed E-state index contributed by atoms with van der Waals surface area (Å²) in [5.74, 6) is 0. The fourth-order valence-electron chi connectivity index (χ4n) is 3.75. The van der Waals surface area contributed by atoms with E-state index in [1.807, 2.05) is 0 Å². The van der Waals surface area contributed by atoms with E-state index in [2.05, 4.69) is 201 Å². The van der Waals surface area contributed by atoms with Gasteiger partial charge in [0, 0.05) is 20.4 Å². The van der Waals surface area contributed by atoms with Crippen LogP contribution in [-0.4, -0.2) is 80.0 Å². The Kier molecular flexibility index (Phi) is 18.5. The van der Waals surface area contributed by atoms with Gasteiger partial charge < -0.3 is 0 Å². The molecule has 0 aromatic heterocycles. The predicted octanol–water partition coefficient (Wildman–Crippen LogP) is 7.80. The Balaban J connectivity index is 0.000000516. The van der Waals surface area contributed by atoms with E-state index in [-0.39, 0.29) is 20.4 Å². The molecule has 0 atom stereocenters. The summed E-state index contributed by atoms with van der Waals surface area (Å²) >= 11 is 0. The molecule has 0 unspecified atom stereocenters. The first-order valence-electron chi connectivity index (χ1n) is 14.6. The normalized spacial score (nSPS) is 12.8. The summed E-state index contributed by atoms with van der Waals surface area (Å²) < 4.78 is 0. The van der Waals surface area contributed by atoms with E-state index in [4.69, 9.17) is 0 Å². The van der Waals surface area contributed by atoms with Crippen molar-refractivity contribution in [3.63, 3.8) is 0 Å². The van der Waals surface area contributed by atoms with Gasteiger partial charge in [-0.2, -0.15) is 0 Å². The van der Waals surface area contributed by atoms with Crippen LogP contribution in [0.15, 0.2) is 121 Å². The Morgan fingerprint density at radius 2 is 0.366 bits per heavy atom. The average molecular weight is 723 g/mol. The van der Waals surface area contributed by atoms with Gasteiger partial charge in [0.2, 0.25) is 0 Å².